The van der Waals surface area contributed by atoms with E-state index in [-0.39, 0.29) is 24.2 Å². The largest absolute Gasteiger partial charge is 0.465 e. The number of halogens is 1. The van der Waals surface area contributed by atoms with Gasteiger partial charge in [-0.25, -0.2) is 9.18 Å². The maximum atomic E-state index is 12.9. The standard InChI is InChI=1S/C20H19FN2O4/c1-27-17(24)14-4-8-16(9-5-14)23-19(26)20(10-11-20)18(25)22-12-13-2-6-15(21)7-3-13/h2-9H,10-12H2,1H3,(H,22,25)(H,23,26). The fourth-order valence-corrected chi connectivity index (χ4v) is 2.69. The Morgan fingerprint density at radius 1 is 1.00 bits per heavy atom. The molecule has 27 heavy (non-hydrogen) atoms. The molecule has 1 fully saturated rings. The Morgan fingerprint density at radius 2 is 1.63 bits per heavy atom. The van der Waals surface area contributed by atoms with Crippen LogP contribution in [0.2, 0.25) is 0 Å². The molecule has 0 heterocycles. The van der Waals surface area contributed by atoms with Crippen LogP contribution in [0.25, 0.3) is 0 Å². The summed E-state index contributed by atoms with van der Waals surface area (Å²) in [6, 6.07) is 12.0. The monoisotopic (exact) mass is 370 g/mol. The van der Waals surface area contributed by atoms with Crippen molar-refractivity contribution in [2.24, 2.45) is 5.41 Å². The quantitative estimate of drug-likeness (QED) is 0.605. The van der Waals surface area contributed by atoms with Gasteiger partial charge in [0.1, 0.15) is 11.2 Å². The summed E-state index contributed by atoms with van der Waals surface area (Å²) in [6.45, 7) is 0.224. The highest BCUT2D eigenvalue weighted by molar-refractivity contribution is 6.13. The van der Waals surface area contributed by atoms with Gasteiger partial charge < -0.3 is 15.4 Å². The van der Waals surface area contributed by atoms with E-state index in [0.29, 0.717) is 24.1 Å². The molecule has 2 N–H and O–H groups in total. The van der Waals surface area contributed by atoms with Crippen LogP contribution in [0.15, 0.2) is 48.5 Å². The van der Waals surface area contributed by atoms with E-state index in [2.05, 4.69) is 15.4 Å². The maximum absolute atomic E-state index is 12.9. The molecule has 0 unspecified atom stereocenters. The molecule has 0 radical (unpaired) electrons. The molecule has 7 heteroatoms. The van der Waals surface area contributed by atoms with Crippen molar-refractivity contribution in [1.82, 2.24) is 5.32 Å². The lowest BCUT2D eigenvalue weighted by molar-refractivity contribution is -0.134. The molecule has 0 saturated heterocycles. The molecule has 1 aliphatic carbocycles. The number of hydrogen-bond acceptors (Lipinski definition) is 4. The van der Waals surface area contributed by atoms with Crippen molar-refractivity contribution < 1.29 is 23.5 Å². The van der Waals surface area contributed by atoms with Gasteiger partial charge in [-0.2, -0.15) is 0 Å². The summed E-state index contributed by atoms with van der Waals surface area (Å²) in [7, 11) is 1.29. The smallest absolute Gasteiger partial charge is 0.337 e. The zero-order chi connectivity index (χ0) is 19.4. The van der Waals surface area contributed by atoms with E-state index in [1.807, 2.05) is 0 Å². The summed E-state index contributed by atoms with van der Waals surface area (Å²) in [5.41, 5.74) is 0.527. The summed E-state index contributed by atoms with van der Waals surface area (Å²) in [6.07, 6.45) is 0.933. The number of esters is 1. The Kier molecular flexibility index (Phi) is 5.21. The third kappa shape index (κ3) is 4.13. The second kappa shape index (κ2) is 7.57. The van der Waals surface area contributed by atoms with Crippen LogP contribution < -0.4 is 10.6 Å². The first kappa shape index (κ1) is 18.6. The highest BCUT2D eigenvalue weighted by Gasteiger charge is 2.56. The number of nitrogens with one attached hydrogen (secondary N) is 2. The second-order valence-electron chi connectivity index (χ2n) is 6.41. The Balaban J connectivity index is 1.59. The predicted octanol–water partition coefficient (Wildman–Crippen LogP) is 2.65. The van der Waals surface area contributed by atoms with Gasteiger partial charge in [0.15, 0.2) is 0 Å². The van der Waals surface area contributed by atoms with Crippen molar-refractivity contribution in [3.05, 3.63) is 65.5 Å². The number of methoxy groups -OCH3 is 1. The number of carbonyl (C=O) groups is 3. The Hall–Kier alpha value is -3.22. The molecule has 1 saturated carbocycles. The lowest BCUT2D eigenvalue weighted by atomic mass is 10.0. The molecule has 0 atom stereocenters. The van der Waals surface area contributed by atoms with Crippen LogP contribution in [0.1, 0.15) is 28.8 Å². The van der Waals surface area contributed by atoms with Gasteiger partial charge in [-0.3, -0.25) is 9.59 Å². The number of benzene rings is 2. The highest BCUT2D eigenvalue weighted by Crippen LogP contribution is 2.46. The fourth-order valence-electron chi connectivity index (χ4n) is 2.69. The molecule has 140 valence electrons. The lowest BCUT2D eigenvalue weighted by Crippen LogP contribution is -2.39. The van der Waals surface area contributed by atoms with Crippen LogP contribution in [-0.4, -0.2) is 24.9 Å². The van der Waals surface area contributed by atoms with E-state index < -0.39 is 11.4 Å². The van der Waals surface area contributed by atoms with E-state index in [9.17, 15) is 18.8 Å². The highest BCUT2D eigenvalue weighted by atomic mass is 19.1. The Morgan fingerprint density at radius 3 is 2.19 bits per heavy atom. The average molecular weight is 370 g/mol. The number of ether oxygens (including phenoxy) is 1. The van der Waals surface area contributed by atoms with Crippen LogP contribution in [0, 0.1) is 11.2 Å². The fraction of sp³-hybridized carbons (Fsp3) is 0.250. The molecular formula is C20H19FN2O4. The minimum atomic E-state index is -1.08. The Bertz CT molecular complexity index is 859. The summed E-state index contributed by atoms with van der Waals surface area (Å²) in [4.78, 5) is 36.5. The zero-order valence-corrected chi connectivity index (χ0v) is 14.8. The van der Waals surface area contributed by atoms with Crippen LogP contribution >= 0.6 is 0 Å². The lowest BCUT2D eigenvalue weighted by Gasteiger charge is -2.15. The van der Waals surface area contributed by atoms with Gasteiger partial charge in [0.05, 0.1) is 12.7 Å². The molecule has 0 spiro atoms. The first-order valence-corrected chi connectivity index (χ1v) is 8.47. The number of hydrogen-bond donors (Lipinski definition) is 2. The molecular weight excluding hydrogens is 351 g/mol. The number of rotatable bonds is 6. The number of amides is 2. The van der Waals surface area contributed by atoms with Crippen molar-refractivity contribution in [2.45, 2.75) is 19.4 Å². The molecule has 0 aliphatic heterocycles. The summed E-state index contributed by atoms with van der Waals surface area (Å²) < 4.78 is 17.5. The van der Waals surface area contributed by atoms with Crippen molar-refractivity contribution in [3.63, 3.8) is 0 Å². The van der Waals surface area contributed by atoms with Crippen molar-refractivity contribution in [3.8, 4) is 0 Å². The molecule has 0 bridgehead atoms. The minimum absolute atomic E-state index is 0.224. The van der Waals surface area contributed by atoms with Crippen molar-refractivity contribution >= 4 is 23.5 Å². The second-order valence-corrected chi connectivity index (χ2v) is 6.41. The van der Waals surface area contributed by atoms with Gasteiger partial charge >= 0.3 is 5.97 Å². The zero-order valence-electron chi connectivity index (χ0n) is 14.8. The third-order valence-corrected chi connectivity index (χ3v) is 4.55. The van der Waals surface area contributed by atoms with E-state index in [4.69, 9.17) is 0 Å². The van der Waals surface area contributed by atoms with Gasteiger partial charge in [0.2, 0.25) is 11.8 Å². The van der Waals surface area contributed by atoms with Gasteiger partial charge in [-0.05, 0) is 54.8 Å². The molecule has 1 aliphatic rings. The van der Waals surface area contributed by atoms with E-state index in [0.717, 1.165) is 5.56 Å². The SMILES string of the molecule is COC(=O)c1ccc(NC(=O)C2(C(=O)NCc3ccc(F)cc3)CC2)cc1. The average Bonchev–Trinajstić information content (AvgIpc) is 3.49. The van der Waals surface area contributed by atoms with Crippen molar-refractivity contribution in [1.29, 1.82) is 0 Å². The maximum Gasteiger partial charge on any atom is 0.337 e. The minimum Gasteiger partial charge on any atom is -0.465 e. The van der Waals surface area contributed by atoms with Crippen LogP contribution in [0.5, 0.6) is 0 Å². The van der Waals surface area contributed by atoms with Crippen LogP contribution in [0.4, 0.5) is 10.1 Å². The van der Waals surface area contributed by atoms with Crippen LogP contribution in [-0.2, 0) is 20.9 Å². The van der Waals surface area contributed by atoms with Crippen molar-refractivity contribution in [2.75, 3.05) is 12.4 Å². The van der Waals surface area contributed by atoms with Gasteiger partial charge in [-0.15, -0.1) is 0 Å². The van der Waals surface area contributed by atoms with Gasteiger partial charge in [-0.1, -0.05) is 12.1 Å². The van der Waals surface area contributed by atoms with Crippen LogP contribution in [0.3, 0.4) is 0 Å². The molecule has 2 amide bonds. The summed E-state index contributed by atoms with van der Waals surface area (Å²) >= 11 is 0. The molecule has 2 aromatic carbocycles. The first-order valence-electron chi connectivity index (χ1n) is 8.47. The van der Waals surface area contributed by atoms with E-state index in [1.165, 1.54) is 31.4 Å². The Labute approximate surface area is 155 Å². The predicted molar refractivity (Wildman–Crippen MR) is 96.3 cm³/mol. The summed E-state index contributed by atoms with van der Waals surface area (Å²) in [5, 5.41) is 5.45. The summed E-state index contributed by atoms with van der Waals surface area (Å²) in [5.74, 6) is -1.55. The molecule has 6 nitrogen and oxygen atoms in total. The van der Waals surface area contributed by atoms with Gasteiger partial charge in [0, 0.05) is 12.2 Å². The number of carbonyl (C=O) groups excluding carboxylic acids is 3. The van der Waals surface area contributed by atoms with Gasteiger partial charge in [0.25, 0.3) is 0 Å². The number of anilines is 1. The van der Waals surface area contributed by atoms with E-state index in [1.54, 1.807) is 24.3 Å². The molecule has 0 aromatic heterocycles. The molecule has 3 rings (SSSR count). The molecule has 2 aromatic rings. The first-order chi connectivity index (χ1) is 12.9. The normalized spacial score (nSPS) is 14.1. The topological polar surface area (TPSA) is 84.5 Å². The third-order valence-electron chi connectivity index (χ3n) is 4.55. The van der Waals surface area contributed by atoms with E-state index >= 15 is 0 Å².